The molecule has 0 unspecified atom stereocenters. The van der Waals surface area contributed by atoms with E-state index in [1.165, 1.54) is 4.68 Å². The Morgan fingerprint density at radius 3 is 3.24 bits per heavy atom. The van der Waals surface area contributed by atoms with Gasteiger partial charge in [0, 0.05) is 13.2 Å². The topological polar surface area (TPSA) is 89.3 Å². The number of rotatable bonds is 5. The van der Waals surface area contributed by atoms with Crippen LogP contribution in [-0.2, 0) is 22.7 Å². The summed E-state index contributed by atoms with van der Waals surface area (Å²) >= 11 is 0. The number of hydrogen-bond acceptors (Lipinski definition) is 5. The Morgan fingerprint density at radius 1 is 1.71 bits per heavy atom. The maximum absolute atomic E-state index is 11.5. The van der Waals surface area contributed by atoms with E-state index in [4.69, 9.17) is 9.84 Å². The van der Waals surface area contributed by atoms with E-state index >= 15 is 0 Å². The molecular weight excluding hydrogens is 224 g/mol. The van der Waals surface area contributed by atoms with Crippen LogP contribution in [0.5, 0.6) is 0 Å². The van der Waals surface area contributed by atoms with E-state index in [1.54, 1.807) is 6.20 Å². The number of aliphatic hydroxyl groups is 1. The molecule has 7 nitrogen and oxygen atoms in total. The highest BCUT2D eigenvalue weighted by atomic mass is 16.5. The summed E-state index contributed by atoms with van der Waals surface area (Å²) in [7, 11) is 0. The Balaban J connectivity index is 1.72. The fourth-order valence-electron chi connectivity index (χ4n) is 1.72. The maximum Gasteiger partial charge on any atom is 0.241 e. The quantitative estimate of drug-likeness (QED) is 0.693. The largest absolute Gasteiger partial charge is 0.390 e. The van der Waals surface area contributed by atoms with Gasteiger partial charge in [-0.15, -0.1) is 5.10 Å². The number of hydrogen-bond donors (Lipinski definition) is 2. The summed E-state index contributed by atoms with van der Waals surface area (Å²) in [5.41, 5.74) is 0.455. The summed E-state index contributed by atoms with van der Waals surface area (Å²) < 4.78 is 6.79. The van der Waals surface area contributed by atoms with Crippen molar-refractivity contribution in [3.8, 4) is 0 Å². The fraction of sp³-hybridized carbons (Fsp3) is 0.700. The van der Waals surface area contributed by atoms with Crippen LogP contribution in [0.15, 0.2) is 6.20 Å². The molecule has 0 aliphatic carbocycles. The lowest BCUT2D eigenvalue weighted by molar-refractivity contribution is -0.122. The molecule has 1 aromatic heterocycles. The van der Waals surface area contributed by atoms with E-state index in [9.17, 15) is 4.79 Å². The molecule has 1 aliphatic heterocycles. The second-order valence-corrected chi connectivity index (χ2v) is 4.00. The van der Waals surface area contributed by atoms with Crippen molar-refractivity contribution in [2.75, 3.05) is 13.2 Å². The molecule has 0 aromatic carbocycles. The molecule has 2 rings (SSSR count). The molecule has 1 amide bonds. The van der Waals surface area contributed by atoms with Crippen LogP contribution in [-0.4, -0.2) is 45.3 Å². The van der Waals surface area contributed by atoms with E-state index in [-0.39, 0.29) is 25.2 Å². The summed E-state index contributed by atoms with van der Waals surface area (Å²) in [4.78, 5) is 11.5. The molecular formula is C10H16N4O3. The Labute approximate surface area is 98.8 Å². The van der Waals surface area contributed by atoms with Crippen molar-refractivity contribution in [3.63, 3.8) is 0 Å². The van der Waals surface area contributed by atoms with E-state index < -0.39 is 0 Å². The lowest BCUT2D eigenvalue weighted by Gasteiger charge is -2.10. The van der Waals surface area contributed by atoms with E-state index in [2.05, 4.69) is 15.6 Å². The number of carbonyl (C=O) groups excluding carboxylic acids is 1. The minimum absolute atomic E-state index is 0.111. The Bertz CT molecular complexity index is 373. The van der Waals surface area contributed by atoms with Gasteiger partial charge in [-0.3, -0.25) is 4.79 Å². The normalized spacial score (nSPS) is 19.5. The maximum atomic E-state index is 11.5. The number of carbonyl (C=O) groups is 1. The number of aliphatic hydroxyl groups excluding tert-OH is 1. The molecule has 0 saturated carbocycles. The van der Waals surface area contributed by atoms with Crippen molar-refractivity contribution in [1.82, 2.24) is 20.3 Å². The number of nitrogens with one attached hydrogen (secondary N) is 1. The van der Waals surface area contributed by atoms with E-state index in [0.717, 1.165) is 19.4 Å². The molecule has 17 heavy (non-hydrogen) atoms. The molecule has 0 radical (unpaired) electrons. The van der Waals surface area contributed by atoms with Gasteiger partial charge >= 0.3 is 0 Å². The second-order valence-electron chi connectivity index (χ2n) is 4.00. The lowest BCUT2D eigenvalue weighted by atomic mass is 10.2. The number of amides is 1. The zero-order valence-corrected chi connectivity index (χ0v) is 9.50. The third kappa shape index (κ3) is 3.50. The molecule has 2 N–H and O–H groups in total. The van der Waals surface area contributed by atoms with Crippen LogP contribution < -0.4 is 5.32 Å². The Morgan fingerprint density at radius 2 is 2.59 bits per heavy atom. The van der Waals surface area contributed by atoms with E-state index in [1.807, 2.05) is 0 Å². The predicted molar refractivity (Wildman–Crippen MR) is 57.9 cm³/mol. The molecule has 1 aromatic rings. The van der Waals surface area contributed by atoms with Gasteiger partial charge in [0.25, 0.3) is 0 Å². The Kier molecular flexibility index (Phi) is 4.05. The number of aromatic nitrogens is 3. The predicted octanol–water partition coefficient (Wildman–Crippen LogP) is -0.934. The molecule has 1 atom stereocenters. The first kappa shape index (κ1) is 12.0. The molecule has 7 heteroatoms. The monoisotopic (exact) mass is 240 g/mol. The highest BCUT2D eigenvalue weighted by Crippen LogP contribution is 2.10. The van der Waals surface area contributed by atoms with Crippen molar-refractivity contribution < 1.29 is 14.6 Å². The van der Waals surface area contributed by atoms with Crippen LogP contribution in [0.1, 0.15) is 18.5 Å². The van der Waals surface area contributed by atoms with Crippen molar-refractivity contribution in [2.45, 2.75) is 32.1 Å². The summed E-state index contributed by atoms with van der Waals surface area (Å²) in [6, 6.07) is 0. The average molecular weight is 240 g/mol. The smallest absolute Gasteiger partial charge is 0.241 e. The van der Waals surface area contributed by atoms with Crippen LogP contribution in [0.2, 0.25) is 0 Å². The molecule has 1 aliphatic rings. The minimum Gasteiger partial charge on any atom is -0.390 e. The van der Waals surface area contributed by atoms with Crippen LogP contribution in [0, 0.1) is 0 Å². The van der Waals surface area contributed by atoms with Crippen LogP contribution in [0.25, 0.3) is 0 Å². The summed E-state index contributed by atoms with van der Waals surface area (Å²) in [5, 5.41) is 19.0. The van der Waals surface area contributed by atoms with Crippen molar-refractivity contribution >= 4 is 5.91 Å². The molecule has 0 spiro atoms. The van der Waals surface area contributed by atoms with Crippen molar-refractivity contribution in [2.24, 2.45) is 0 Å². The standard InChI is InChI=1S/C10H16N4O3/c15-7-8-5-14(13-12-8)6-10(16)11-4-9-2-1-3-17-9/h5,9,15H,1-4,6-7H2,(H,11,16)/t9-/m1/s1. The fourth-order valence-corrected chi connectivity index (χ4v) is 1.72. The van der Waals surface area contributed by atoms with Gasteiger partial charge in [0.2, 0.25) is 5.91 Å². The second kappa shape index (κ2) is 5.74. The third-order valence-corrected chi connectivity index (χ3v) is 2.60. The number of nitrogens with zero attached hydrogens (tertiary/aromatic N) is 3. The molecule has 1 saturated heterocycles. The zero-order chi connectivity index (χ0) is 12.1. The molecule has 1 fully saturated rings. The van der Waals surface area contributed by atoms with Crippen LogP contribution >= 0.6 is 0 Å². The summed E-state index contributed by atoms with van der Waals surface area (Å²) in [5.74, 6) is -0.130. The van der Waals surface area contributed by atoms with Crippen molar-refractivity contribution in [3.05, 3.63) is 11.9 Å². The highest BCUT2D eigenvalue weighted by molar-refractivity contribution is 5.75. The van der Waals surface area contributed by atoms with Gasteiger partial charge in [-0.25, -0.2) is 4.68 Å². The first-order chi connectivity index (χ1) is 8.28. The highest BCUT2D eigenvalue weighted by Gasteiger charge is 2.16. The first-order valence-electron chi connectivity index (χ1n) is 5.66. The Hall–Kier alpha value is -1.47. The minimum atomic E-state index is -0.169. The zero-order valence-electron chi connectivity index (χ0n) is 9.50. The lowest BCUT2D eigenvalue weighted by Crippen LogP contribution is -2.34. The molecule has 2 heterocycles. The van der Waals surface area contributed by atoms with Crippen LogP contribution in [0.4, 0.5) is 0 Å². The average Bonchev–Trinajstić information content (AvgIpc) is 2.97. The van der Waals surface area contributed by atoms with Gasteiger partial charge in [-0.1, -0.05) is 5.21 Å². The van der Waals surface area contributed by atoms with E-state index in [0.29, 0.717) is 12.2 Å². The van der Waals surface area contributed by atoms with Crippen molar-refractivity contribution in [1.29, 1.82) is 0 Å². The van der Waals surface area contributed by atoms with Gasteiger partial charge in [-0.05, 0) is 12.8 Å². The van der Waals surface area contributed by atoms with Gasteiger partial charge in [0.05, 0.1) is 18.9 Å². The molecule has 94 valence electrons. The summed E-state index contributed by atoms with van der Waals surface area (Å²) in [6.45, 7) is 1.26. The first-order valence-corrected chi connectivity index (χ1v) is 5.66. The SMILES string of the molecule is O=C(Cn1cc(CO)nn1)NC[C@H]1CCCO1. The number of ether oxygens (including phenoxy) is 1. The third-order valence-electron chi connectivity index (χ3n) is 2.60. The summed E-state index contributed by atoms with van der Waals surface area (Å²) in [6.07, 6.45) is 3.75. The van der Waals surface area contributed by atoms with Gasteiger partial charge in [-0.2, -0.15) is 0 Å². The van der Waals surface area contributed by atoms with Gasteiger partial charge < -0.3 is 15.2 Å². The molecule has 0 bridgehead atoms. The van der Waals surface area contributed by atoms with Crippen LogP contribution in [0.3, 0.4) is 0 Å². The van der Waals surface area contributed by atoms with Gasteiger partial charge in [0.1, 0.15) is 12.2 Å². The van der Waals surface area contributed by atoms with Gasteiger partial charge in [0.15, 0.2) is 0 Å².